The van der Waals surface area contributed by atoms with Gasteiger partial charge in [-0.3, -0.25) is 14.5 Å². The SMILES string of the molecule is CCNC(=O)N(N)C1=CC(c2c(N(N)c3ccccc3)c3c(n2N)COCC3=O)=CCN1. The molecule has 32 heavy (non-hydrogen) atoms. The lowest BCUT2D eigenvalue weighted by Crippen LogP contribution is -2.47. The van der Waals surface area contributed by atoms with Crippen LogP contribution in [0.4, 0.5) is 16.2 Å². The van der Waals surface area contributed by atoms with Crippen molar-refractivity contribution in [3.63, 3.8) is 0 Å². The summed E-state index contributed by atoms with van der Waals surface area (Å²) in [6.07, 6.45) is 3.57. The van der Waals surface area contributed by atoms with Crippen LogP contribution in [0.5, 0.6) is 0 Å². The highest BCUT2D eigenvalue weighted by Crippen LogP contribution is 2.40. The van der Waals surface area contributed by atoms with Crippen LogP contribution >= 0.6 is 0 Å². The Morgan fingerprint density at radius 2 is 2.00 bits per heavy atom. The number of nitrogens with two attached hydrogens (primary N) is 3. The van der Waals surface area contributed by atoms with Crippen LogP contribution in [0.2, 0.25) is 0 Å². The molecule has 0 aliphatic carbocycles. The highest BCUT2D eigenvalue weighted by atomic mass is 16.5. The summed E-state index contributed by atoms with van der Waals surface area (Å²) in [6.45, 7) is 2.76. The summed E-state index contributed by atoms with van der Waals surface area (Å²) in [5.74, 6) is 19.1. The number of benzene rings is 1. The number of urea groups is 1. The van der Waals surface area contributed by atoms with E-state index in [1.807, 2.05) is 36.4 Å². The number of aromatic nitrogens is 1. The van der Waals surface area contributed by atoms with Gasteiger partial charge in [-0.2, -0.15) is 0 Å². The zero-order valence-electron chi connectivity index (χ0n) is 17.7. The number of dihydropyridines is 1. The Bertz CT molecular complexity index is 1110. The Morgan fingerprint density at radius 1 is 1.25 bits per heavy atom. The third-order valence-electron chi connectivity index (χ3n) is 5.28. The molecule has 168 valence electrons. The molecule has 0 radical (unpaired) electrons. The maximum atomic E-state index is 12.8. The van der Waals surface area contributed by atoms with E-state index in [9.17, 15) is 9.59 Å². The molecule has 3 heterocycles. The summed E-state index contributed by atoms with van der Waals surface area (Å²) in [4.78, 5) is 25.0. The minimum absolute atomic E-state index is 0.0540. The van der Waals surface area contributed by atoms with E-state index >= 15 is 0 Å². The number of para-hydroxylation sites is 1. The van der Waals surface area contributed by atoms with Crippen molar-refractivity contribution in [3.05, 3.63) is 65.3 Å². The smallest absolute Gasteiger partial charge is 0.337 e. The van der Waals surface area contributed by atoms with Gasteiger partial charge in [-0.1, -0.05) is 24.3 Å². The number of ketones is 1. The van der Waals surface area contributed by atoms with Crippen molar-refractivity contribution in [2.75, 3.05) is 30.5 Å². The lowest BCUT2D eigenvalue weighted by Gasteiger charge is -2.26. The number of nitrogens with zero attached hydrogens (tertiary/aromatic N) is 3. The van der Waals surface area contributed by atoms with Crippen molar-refractivity contribution in [1.82, 2.24) is 20.3 Å². The number of nitrogen functional groups attached to an aromatic ring is 1. The number of hydrogen-bond acceptors (Lipinski definition) is 8. The van der Waals surface area contributed by atoms with Crippen LogP contribution in [-0.4, -0.2) is 41.2 Å². The van der Waals surface area contributed by atoms with Gasteiger partial charge in [0.2, 0.25) is 0 Å². The van der Waals surface area contributed by atoms with Gasteiger partial charge in [0.1, 0.15) is 12.4 Å². The first kappa shape index (κ1) is 21.4. The van der Waals surface area contributed by atoms with Gasteiger partial charge in [-0.15, -0.1) is 0 Å². The molecular weight excluding hydrogens is 412 g/mol. The van der Waals surface area contributed by atoms with E-state index in [1.165, 1.54) is 9.69 Å². The van der Waals surface area contributed by atoms with E-state index in [2.05, 4.69) is 10.6 Å². The Hall–Kier alpha value is -3.80. The number of carbonyl (C=O) groups excluding carboxylic acids is 2. The number of Topliss-reactive ketones (excluding diaryl/α,β-unsaturated/α-hetero) is 1. The second-order valence-electron chi connectivity index (χ2n) is 7.29. The highest BCUT2D eigenvalue weighted by Gasteiger charge is 2.34. The molecule has 11 heteroatoms. The maximum absolute atomic E-state index is 12.8. The number of anilines is 2. The molecule has 0 spiro atoms. The molecular formula is C21H26N8O3. The number of nitrogens with one attached hydrogen (secondary N) is 2. The van der Waals surface area contributed by atoms with Gasteiger partial charge in [0.15, 0.2) is 5.78 Å². The lowest BCUT2D eigenvalue weighted by molar-refractivity contribution is 0.0653. The summed E-state index contributed by atoms with van der Waals surface area (Å²) in [5.41, 5.74) is 3.27. The molecule has 4 rings (SSSR count). The van der Waals surface area contributed by atoms with Gasteiger partial charge in [0.25, 0.3) is 0 Å². The van der Waals surface area contributed by atoms with Crippen LogP contribution in [0.15, 0.2) is 48.3 Å². The first-order valence-electron chi connectivity index (χ1n) is 10.2. The number of ether oxygens (including phenoxy) is 1. The van der Waals surface area contributed by atoms with Crippen molar-refractivity contribution >= 4 is 28.8 Å². The zero-order valence-corrected chi connectivity index (χ0v) is 17.7. The number of allylic oxidation sites excluding steroid dienone is 2. The fraction of sp³-hybridized carbons (Fsp3) is 0.238. The van der Waals surface area contributed by atoms with Crippen molar-refractivity contribution < 1.29 is 14.3 Å². The third-order valence-corrected chi connectivity index (χ3v) is 5.28. The maximum Gasteiger partial charge on any atom is 0.337 e. The summed E-state index contributed by atoms with van der Waals surface area (Å²) < 4.78 is 6.83. The molecule has 11 nitrogen and oxygen atoms in total. The Balaban J connectivity index is 1.85. The van der Waals surface area contributed by atoms with Crippen molar-refractivity contribution in [3.8, 4) is 0 Å². The summed E-state index contributed by atoms with van der Waals surface area (Å²) >= 11 is 0. The van der Waals surface area contributed by atoms with E-state index in [-0.39, 0.29) is 19.0 Å². The van der Waals surface area contributed by atoms with E-state index < -0.39 is 6.03 Å². The van der Waals surface area contributed by atoms with E-state index in [0.717, 1.165) is 5.01 Å². The first-order valence-corrected chi connectivity index (χ1v) is 10.2. The zero-order chi connectivity index (χ0) is 22.8. The molecule has 0 saturated carbocycles. The second-order valence-corrected chi connectivity index (χ2v) is 7.29. The number of carbonyl (C=O) groups is 2. The number of rotatable bonds is 5. The van der Waals surface area contributed by atoms with Gasteiger partial charge in [0, 0.05) is 18.7 Å². The van der Waals surface area contributed by atoms with Crippen LogP contribution < -0.4 is 33.2 Å². The van der Waals surface area contributed by atoms with Crippen LogP contribution in [0, 0.1) is 0 Å². The number of hydrogen-bond donors (Lipinski definition) is 5. The molecule has 0 saturated heterocycles. The van der Waals surface area contributed by atoms with Crippen LogP contribution in [0.25, 0.3) is 5.57 Å². The molecule has 1 aromatic heterocycles. The summed E-state index contributed by atoms with van der Waals surface area (Å²) in [5, 5.41) is 8.15. The number of hydrazine groups is 2. The fourth-order valence-corrected chi connectivity index (χ4v) is 3.79. The van der Waals surface area contributed by atoms with E-state index in [0.29, 0.717) is 52.8 Å². The summed E-state index contributed by atoms with van der Waals surface area (Å²) in [6, 6.07) is 8.80. The quantitative estimate of drug-likeness (QED) is 0.259. The standard InChI is InChI=1S/C21H26N8O3/c1-2-25-21(31)29(24)17-10-13(8-9-26-17)19-20(27(22)14-6-4-3-5-7-14)18-15(28(19)23)11-32-12-16(18)30/h3-8,10,26H,2,9,11-12,22-24H2,1H3,(H,25,31). The Kier molecular flexibility index (Phi) is 5.86. The normalized spacial score (nSPS) is 15.3. The van der Waals surface area contributed by atoms with Gasteiger partial charge in [-0.25, -0.2) is 21.5 Å². The van der Waals surface area contributed by atoms with Gasteiger partial charge in [0.05, 0.1) is 34.9 Å². The van der Waals surface area contributed by atoms with Gasteiger partial charge >= 0.3 is 6.03 Å². The van der Waals surface area contributed by atoms with Crippen LogP contribution in [0.3, 0.4) is 0 Å². The average molecular weight is 438 g/mol. The molecule has 2 amide bonds. The largest absolute Gasteiger partial charge is 0.367 e. The van der Waals surface area contributed by atoms with Crippen LogP contribution in [-0.2, 0) is 11.3 Å². The molecule has 8 N–H and O–H groups in total. The van der Waals surface area contributed by atoms with Crippen molar-refractivity contribution in [2.45, 2.75) is 13.5 Å². The lowest BCUT2D eigenvalue weighted by atomic mass is 10.0. The monoisotopic (exact) mass is 438 g/mol. The average Bonchev–Trinajstić information content (AvgIpc) is 3.12. The number of fused-ring (bicyclic) bond motifs is 1. The topological polar surface area (TPSA) is 157 Å². The summed E-state index contributed by atoms with van der Waals surface area (Å²) in [7, 11) is 0. The molecule has 0 bridgehead atoms. The molecule has 0 unspecified atom stereocenters. The molecule has 0 atom stereocenters. The number of amides is 2. The van der Waals surface area contributed by atoms with E-state index in [1.54, 1.807) is 13.0 Å². The molecule has 1 aromatic carbocycles. The van der Waals surface area contributed by atoms with Crippen LogP contribution in [0.1, 0.15) is 28.7 Å². The predicted octanol–water partition coefficient (Wildman–Crippen LogP) is 0.660. The minimum Gasteiger partial charge on any atom is -0.367 e. The third kappa shape index (κ3) is 3.68. The minimum atomic E-state index is -0.455. The first-order chi connectivity index (χ1) is 15.4. The second kappa shape index (κ2) is 8.75. The predicted molar refractivity (Wildman–Crippen MR) is 120 cm³/mol. The molecule has 2 aromatic rings. The highest BCUT2D eigenvalue weighted by molar-refractivity contribution is 6.07. The molecule has 2 aliphatic heterocycles. The Labute approximate surface area is 185 Å². The molecule has 0 fully saturated rings. The van der Waals surface area contributed by atoms with Gasteiger partial charge in [-0.05, 0) is 25.1 Å². The van der Waals surface area contributed by atoms with Crippen molar-refractivity contribution in [2.24, 2.45) is 11.7 Å². The van der Waals surface area contributed by atoms with Crippen molar-refractivity contribution in [1.29, 1.82) is 0 Å². The molecule has 2 aliphatic rings. The van der Waals surface area contributed by atoms with Gasteiger partial charge < -0.3 is 21.2 Å². The Morgan fingerprint density at radius 3 is 2.72 bits per heavy atom. The fourth-order valence-electron chi connectivity index (χ4n) is 3.79. The van der Waals surface area contributed by atoms with E-state index in [4.69, 9.17) is 22.3 Å².